The fourth-order valence-corrected chi connectivity index (χ4v) is 4.49. The lowest BCUT2D eigenvalue weighted by atomic mass is 9.77. The van der Waals surface area contributed by atoms with Gasteiger partial charge in [0.15, 0.2) is 28.4 Å². The summed E-state index contributed by atoms with van der Waals surface area (Å²) in [7, 11) is 3.16. The summed E-state index contributed by atoms with van der Waals surface area (Å²) in [5, 5.41) is 4.29. The van der Waals surface area contributed by atoms with Crippen LogP contribution in [-0.4, -0.2) is 63.4 Å². The van der Waals surface area contributed by atoms with Gasteiger partial charge in [-0.25, -0.2) is 4.79 Å². The molecule has 10 heteroatoms. The molecule has 0 aliphatic carbocycles. The molecule has 1 atom stereocenters. The van der Waals surface area contributed by atoms with Crippen LogP contribution in [0.25, 0.3) is 0 Å². The van der Waals surface area contributed by atoms with E-state index in [4.69, 9.17) is 18.9 Å². The van der Waals surface area contributed by atoms with Gasteiger partial charge in [-0.3, -0.25) is 19.8 Å². The number of nitrogens with one attached hydrogen (secondary N) is 1. The number of hydrogen-bond donors (Lipinski definition) is 2. The molecule has 4 amide bonds. The van der Waals surface area contributed by atoms with Crippen LogP contribution in [0.2, 0.25) is 0 Å². The molecule has 0 bridgehead atoms. The van der Waals surface area contributed by atoms with Gasteiger partial charge in [0, 0.05) is 19.4 Å². The summed E-state index contributed by atoms with van der Waals surface area (Å²) in [6, 6.07) is 10.3. The monoisotopic (exact) mass is 496 g/mol. The van der Waals surface area contributed by atoms with Crippen molar-refractivity contribution < 1.29 is 38.6 Å². The van der Waals surface area contributed by atoms with Crippen molar-refractivity contribution in [3.8, 4) is 23.0 Å². The van der Waals surface area contributed by atoms with E-state index in [9.17, 15) is 14.4 Å². The molecule has 190 valence electrons. The van der Waals surface area contributed by atoms with Gasteiger partial charge in [0.25, 0.3) is 5.91 Å². The lowest BCUT2D eigenvalue weighted by Gasteiger charge is -2.38. The number of urea groups is 1. The van der Waals surface area contributed by atoms with Gasteiger partial charge in [-0.1, -0.05) is 18.2 Å². The predicted octanol–water partition coefficient (Wildman–Crippen LogP) is 1.03. The molecule has 0 saturated carbocycles. The van der Waals surface area contributed by atoms with Gasteiger partial charge in [0.2, 0.25) is 12.7 Å². The molecule has 1 fully saturated rings. The predicted molar refractivity (Wildman–Crippen MR) is 129 cm³/mol. The zero-order valence-corrected chi connectivity index (χ0v) is 20.4. The number of benzene rings is 2. The molecule has 2 aliphatic rings. The number of carbonyl (C=O) groups is 3. The molecule has 36 heavy (non-hydrogen) atoms. The number of barbiturate groups is 1. The van der Waals surface area contributed by atoms with Gasteiger partial charge < -0.3 is 24.3 Å². The largest absolute Gasteiger partial charge is 0.493 e. The second-order valence-corrected chi connectivity index (χ2v) is 8.63. The van der Waals surface area contributed by atoms with Gasteiger partial charge in [-0.05, 0) is 35.4 Å². The molecule has 0 spiro atoms. The molecule has 3 N–H and O–H groups in total. The highest BCUT2D eigenvalue weighted by Crippen LogP contribution is 2.36. The van der Waals surface area contributed by atoms with Crippen LogP contribution in [0.5, 0.6) is 23.0 Å². The van der Waals surface area contributed by atoms with Gasteiger partial charge >= 0.3 is 6.03 Å². The third-order valence-corrected chi connectivity index (χ3v) is 6.39. The number of carbonyl (C=O) groups excluding carboxylic acids is 3. The number of methoxy groups -OCH3 is 2. The maximum absolute atomic E-state index is 13.6. The highest BCUT2D eigenvalue weighted by Gasteiger charge is 2.55. The van der Waals surface area contributed by atoms with Crippen molar-refractivity contribution in [2.75, 3.05) is 40.6 Å². The number of hydrogen-bond acceptors (Lipinski definition) is 7. The van der Waals surface area contributed by atoms with Gasteiger partial charge in [0.1, 0.15) is 0 Å². The molecule has 2 aliphatic heterocycles. The molecule has 0 radical (unpaired) electrons. The molecule has 4 rings (SSSR count). The van der Waals surface area contributed by atoms with Crippen LogP contribution in [0.15, 0.2) is 49.1 Å². The number of amides is 4. The second kappa shape index (κ2) is 10.7. The normalized spacial score (nSPS) is 18.7. The lowest BCUT2D eigenvalue weighted by Crippen LogP contribution is -2.90. The number of nitrogens with zero attached hydrogens (tertiary/aromatic N) is 1. The van der Waals surface area contributed by atoms with E-state index in [-0.39, 0.29) is 26.3 Å². The van der Waals surface area contributed by atoms with Crippen molar-refractivity contribution in [3.05, 3.63) is 60.2 Å². The smallest absolute Gasteiger partial charge is 0.331 e. The van der Waals surface area contributed by atoms with Crippen LogP contribution in [-0.2, 0) is 22.4 Å². The molecule has 10 nitrogen and oxygen atoms in total. The average Bonchev–Trinajstić information content (AvgIpc) is 3.35. The Morgan fingerprint density at radius 2 is 1.81 bits per heavy atom. The van der Waals surface area contributed by atoms with Crippen LogP contribution in [0.4, 0.5) is 4.79 Å². The van der Waals surface area contributed by atoms with Crippen LogP contribution >= 0.6 is 0 Å². The topological polar surface area (TPSA) is 120 Å². The fraction of sp³-hybridized carbons (Fsp3) is 0.346. The Hall–Kier alpha value is -4.05. The maximum atomic E-state index is 13.6. The van der Waals surface area contributed by atoms with E-state index in [2.05, 4.69) is 11.9 Å². The highest BCUT2D eigenvalue weighted by atomic mass is 16.7. The first-order valence-corrected chi connectivity index (χ1v) is 11.6. The minimum atomic E-state index is -1.48. The number of quaternary nitrogens is 1. The minimum absolute atomic E-state index is 0.00643. The second-order valence-electron chi connectivity index (χ2n) is 8.63. The number of rotatable bonds is 11. The molecule has 0 unspecified atom stereocenters. The SMILES string of the molecule is C=CCN1C(=O)NC(=O)[C@](C[NH2+]CCc2ccc(OC)c(OC)c2)(Cc2ccc3c(c2)OCO3)C1=O. The summed E-state index contributed by atoms with van der Waals surface area (Å²) in [6.45, 7) is 4.52. The van der Waals surface area contributed by atoms with E-state index in [1.807, 2.05) is 23.5 Å². The number of imide groups is 2. The summed E-state index contributed by atoms with van der Waals surface area (Å²) in [4.78, 5) is 40.3. The van der Waals surface area contributed by atoms with Crippen LogP contribution in [0, 0.1) is 5.41 Å². The highest BCUT2D eigenvalue weighted by molar-refractivity contribution is 6.19. The molecular weight excluding hydrogens is 466 g/mol. The number of fused-ring (bicyclic) bond motifs is 1. The summed E-state index contributed by atoms with van der Waals surface area (Å²) in [5.74, 6) is 1.29. The van der Waals surface area contributed by atoms with Crippen LogP contribution in [0.3, 0.4) is 0 Å². The third-order valence-electron chi connectivity index (χ3n) is 6.39. The molecule has 2 aromatic carbocycles. The van der Waals surface area contributed by atoms with Crippen LogP contribution in [0.1, 0.15) is 11.1 Å². The summed E-state index contributed by atoms with van der Waals surface area (Å²) in [6.07, 6.45) is 2.23. The lowest BCUT2D eigenvalue weighted by molar-refractivity contribution is -0.661. The Bertz CT molecular complexity index is 1180. The molecule has 0 aromatic heterocycles. The zero-order chi connectivity index (χ0) is 25.7. The minimum Gasteiger partial charge on any atom is -0.493 e. The number of ether oxygens (including phenoxy) is 4. The quantitative estimate of drug-likeness (QED) is 0.271. The van der Waals surface area contributed by atoms with Crippen molar-refractivity contribution in [1.82, 2.24) is 10.2 Å². The standard InChI is InChI=1S/C26H29N3O7/c1-4-11-29-24(31)26(23(30)28-25(29)32,14-18-6-8-20-22(13-18)36-16-35-20)15-27-10-9-17-5-7-19(33-2)21(12-17)34-3/h4-8,12-13,27H,1,9-11,14-16H2,2-3H3,(H,28,30,32)/p+1/t26-/m1/s1. The Kier molecular flexibility index (Phi) is 7.44. The maximum Gasteiger partial charge on any atom is 0.331 e. The Morgan fingerprint density at radius 1 is 1.06 bits per heavy atom. The average molecular weight is 497 g/mol. The van der Waals surface area contributed by atoms with Crippen molar-refractivity contribution >= 4 is 17.8 Å². The Morgan fingerprint density at radius 3 is 2.56 bits per heavy atom. The van der Waals surface area contributed by atoms with Gasteiger partial charge in [-0.15, -0.1) is 6.58 Å². The Balaban J connectivity index is 1.54. The van der Waals surface area contributed by atoms with Crippen molar-refractivity contribution in [3.63, 3.8) is 0 Å². The van der Waals surface area contributed by atoms with E-state index >= 15 is 0 Å². The van der Waals surface area contributed by atoms with Crippen molar-refractivity contribution in [1.29, 1.82) is 0 Å². The summed E-state index contributed by atoms with van der Waals surface area (Å²) in [5.41, 5.74) is 0.267. The third kappa shape index (κ3) is 4.85. The number of nitrogens with two attached hydrogens (primary N) is 1. The molecule has 2 aromatic rings. The molecular formula is C26H30N3O7+. The van der Waals surface area contributed by atoms with Crippen molar-refractivity contribution in [2.24, 2.45) is 5.41 Å². The first kappa shape index (κ1) is 25.1. The van der Waals surface area contributed by atoms with E-state index in [1.165, 1.54) is 6.08 Å². The van der Waals surface area contributed by atoms with E-state index in [0.29, 0.717) is 36.0 Å². The molecule has 1 saturated heterocycles. The first-order chi connectivity index (χ1) is 17.4. The van der Waals surface area contributed by atoms with E-state index in [1.54, 1.807) is 32.4 Å². The first-order valence-electron chi connectivity index (χ1n) is 11.6. The zero-order valence-electron chi connectivity index (χ0n) is 20.4. The van der Waals surface area contributed by atoms with E-state index < -0.39 is 23.3 Å². The Labute approximate surface area is 209 Å². The summed E-state index contributed by atoms with van der Waals surface area (Å²) >= 11 is 0. The molecule has 2 heterocycles. The van der Waals surface area contributed by atoms with E-state index in [0.717, 1.165) is 16.0 Å². The van der Waals surface area contributed by atoms with Crippen molar-refractivity contribution in [2.45, 2.75) is 12.8 Å². The van der Waals surface area contributed by atoms with Crippen LogP contribution < -0.4 is 29.6 Å². The fourth-order valence-electron chi connectivity index (χ4n) is 4.49. The van der Waals surface area contributed by atoms with Gasteiger partial charge in [0.05, 0.1) is 27.3 Å². The summed E-state index contributed by atoms with van der Waals surface area (Å²) < 4.78 is 21.5. The van der Waals surface area contributed by atoms with Gasteiger partial charge in [-0.2, -0.15) is 0 Å².